The van der Waals surface area contributed by atoms with Crippen LogP contribution in [0.1, 0.15) is 12.1 Å². The highest BCUT2D eigenvalue weighted by Crippen LogP contribution is 2.28. The van der Waals surface area contributed by atoms with Gasteiger partial charge in [-0.2, -0.15) is 4.98 Å². The van der Waals surface area contributed by atoms with Gasteiger partial charge in [-0.05, 0) is 30.3 Å². The van der Waals surface area contributed by atoms with E-state index in [4.69, 9.17) is 11.6 Å². The molecule has 0 spiro atoms. The number of aryl methyl sites for hydroxylation is 1. The molecular weight excluding hydrogens is 424 g/mol. The molecule has 0 aliphatic carbocycles. The monoisotopic (exact) mass is 438 g/mol. The molecule has 0 N–H and O–H groups in total. The molecular formula is C18H15ClN2O5S2. The zero-order valence-electron chi connectivity index (χ0n) is 14.9. The molecule has 0 aliphatic heterocycles. The Morgan fingerprint density at radius 3 is 2.64 bits per heavy atom. The molecule has 0 amide bonds. The Balaban J connectivity index is 2.16. The molecule has 0 bridgehead atoms. The summed E-state index contributed by atoms with van der Waals surface area (Å²) in [6.07, 6.45) is 1.32. The molecule has 0 radical (unpaired) electrons. The summed E-state index contributed by atoms with van der Waals surface area (Å²) in [5.41, 5.74) is 0.172. The summed E-state index contributed by atoms with van der Waals surface area (Å²) in [6, 6.07) is 7.61. The minimum Gasteiger partial charge on any atom is -0.469 e. The number of ether oxygens (including phenoxy) is 1. The Bertz CT molecular complexity index is 1240. The fourth-order valence-electron chi connectivity index (χ4n) is 2.49. The standard InChI is InChI=1S/C18H15ClN2O5S2/c1-26-16(22)6-4-11-8-12(28(2,24)25)9-14(20-11)18-21-17(23)13-5-3-10(19)7-15(13)27-18/h3,5,7-9H,4,6H2,1-2H3. The van der Waals surface area contributed by atoms with E-state index in [1.165, 1.54) is 30.6 Å². The molecule has 0 atom stereocenters. The maximum absolute atomic E-state index is 12.4. The minimum atomic E-state index is -3.54. The molecule has 0 unspecified atom stereocenters. The van der Waals surface area contributed by atoms with Crippen molar-refractivity contribution in [2.75, 3.05) is 13.4 Å². The van der Waals surface area contributed by atoms with Gasteiger partial charge in [-0.15, -0.1) is 11.3 Å². The van der Waals surface area contributed by atoms with Gasteiger partial charge in [-0.3, -0.25) is 14.6 Å². The quantitative estimate of drug-likeness (QED) is 0.564. The average molecular weight is 439 g/mol. The van der Waals surface area contributed by atoms with Crippen LogP contribution in [0.25, 0.3) is 20.8 Å². The number of halogens is 1. The first-order valence-corrected chi connectivity index (χ1v) is 11.1. The van der Waals surface area contributed by atoms with Gasteiger partial charge in [-0.1, -0.05) is 11.6 Å². The molecule has 3 aromatic rings. The van der Waals surface area contributed by atoms with Crippen LogP contribution in [0.2, 0.25) is 5.02 Å². The number of sulfone groups is 1. The number of carbonyl (C=O) groups is 1. The lowest BCUT2D eigenvalue weighted by molar-refractivity contribution is -0.140. The Morgan fingerprint density at radius 2 is 1.96 bits per heavy atom. The second kappa shape index (κ2) is 7.94. The number of benzene rings is 1. The van der Waals surface area contributed by atoms with Gasteiger partial charge in [-0.25, -0.2) is 8.42 Å². The summed E-state index contributed by atoms with van der Waals surface area (Å²) in [4.78, 5) is 32.2. The zero-order chi connectivity index (χ0) is 20.5. The van der Waals surface area contributed by atoms with Gasteiger partial charge in [0.05, 0.1) is 23.8 Å². The van der Waals surface area contributed by atoms with Crippen molar-refractivity contribution in [3.05, 3.63) is 51.4 Å². The lowest BCUT2D eigenvalue weighted by Crippen LogP contribution is -2.09. The highest BCUT2D eigenvalue weighted by atomic mass is 35.5. The number of pyridine rings is 1. The van der Waals surface area contributed by atoms with E-state index >= 15 is 0 Å². The van der Waals surface area contributed by atoms with E-state index in [0.717, 1.165) is 6.26 Å². The minimum absolute atomic E-state index is 0.0324. The van der Waals surface area contributed by atoms with Crippen LogP contribution in [0.5, 0.6) is 0 Å². The number of aromatic nitrogens is 2. The van der Waals surface area contributed by atoms with E-state index < -0.39 is 21.4 Å². The smallest absolute Gasteiger partial charge is 0.305 e. The number of methoxy groups -OCH3 is 1. The third-order valence-corrected chi connectivity index (χ3v) is 6.27. The lowest BCUT2D eigenvalue weighted by Gasteiger charge is -2.08. The van der Waals surface area contributed by atoms with Crippen molar-refractivity contribution in [3.8, 4) is 10.7 Å². The summed E-state index contributed by atoms with van der Waals surface area (Å²) in [5.74, 6) is -0.434. The largest absolute Gasteiger partial charge is 0.469 e. The molecule has 1 aromatic carbocycles. The fraction of sp³-hybridized carbons (Fsp3) is 0.222. The molecule has 0 aliphatic rings. The van der Waals surface area contributed by atoms with Gasteiger partial charge in [0.15, 0.2) is 9.84 Å². The van der Waals surface area contributed by atoms with Crippen molar-refractivity contribution in [2.45, 2.75) is 17.7 Å². The van der Waals surface area contributed by atoms with Gasteiger partial charge in [0, 0.05) is 28.1 Å². The third kappa shape index (κ3) is 4.54. The van der Waals surface area contributed by atoms with Gasteiger partial charge in [0.2, 0.25) is 0 Å². The molecule has 0 saturated heterocycles. The van der Waals surface area contributed by atoms with E-state index in [1.807, 2.05) is 0 Å². The van der Waals surface area contributed by atoms with Crippen molar-refractivity contribution in [3.63, 3.8) is 0 Å². The second-order valence-electron chi connectivity index (χ2n) is 5.99. The predicted molar refractivity (Wildman–Crippen MR) is 108 cm³/mol. The van der Waals surface area contributed by atoms with Crippen LogP contribution in [0, 0.1) is 0 Å². The topological polar surface area (TPSA) is 103 Å². The number of hydrogen-bond donors (Lipinski definition) is 0. The van der Waals surface area contributed by atoms with Gasteiger partial charge >= 0.3 is 5.97 Å². The number of hydrogen-bond acceptors (Lipinski definition) is 8. The number of rotatable bonds is 5. The zero-order valence-corrected chi connectivity index (χ0v) is 17.3. The van der Waals surface area contributed by atoms with Crippen molar-refractivity contribution in [1.82, 2.24) is 9.97 Å². The fourth-order valence-corrected chi connectivity index (χ4v) is 4.40. The Kier molecular flexibility index (Phi) is 5.78. The maximum atomic E-state index is 12.4. The molecule has 7 nitrogen and oxygen atoms in total. The first kappa shape index (κ1) is 20.4. The molecule has 146 valence electrons. The average Bonchev–Trinajstić information content (AvgIpc) is 2.64. The third-order valence-electron chi connectivity index (χ3n) is 3.90. The summed E-state index contributed by atoms with van der Waals surface area (Å²) in [6.45, 7) is 0. The molecule has 10 heteroatoms. The van der Waals surface area contributed by atoms with E-state index in [9.17, 15) is 18.0 Å². The van der Waals surface area contributed by atoms with Crippen molar-refractivity contribution in [1.29, 1.82) is 0 Å². The second-order valence-corrected chi connectivity index (χ2v) is 9.48. The van der Waals surface area contributed by atoms with Gasteiger partial charge in [0.1, 0.15) is 10.7 Å². The number of carbonyl (C=O) groups excluding carboxylic acids is 1. The first-order valence-electron chi connectivity index (χ1n) is 8.06. The van der Waals surface area contributed by atoms with Crippen LogP contribution in [-0.4, -0.2) is 37.7 Å². The van der Waals surface area contributed by atoms with Crippen LogP contribution in [0.3, 0.4) is 0 Å². The number of nitrogens with zero attached hydrogens (tertiary/aromatic N) is 2. The first-order chi connectivity index (χ1) is 13.2. The highest BCUT2D eigenvalue weighted by Gasteiger charge is 2.16. The van der Waals surface area contributed by atoms with Crippen LogP contribution < -0.4 is 5.56 Å². The summed E-state index contributed by atoms with van der Waals surface area (Å²) < 4.78 is 29.4. The predicted octanol–water partition coefficient (Wildman–Crippen LogP) is 2.88. The van der Waals surface area contributed by atoms with Gasteiger partial charge < -0.3 is 4.74 Å². The molecule has 28 heavy (non-hydrogen) atoms. The Hall–Kier alpha value is -2.36. The van der Waals surface area contributed by atoms with Crippen LogP contribution in [-0.2, 0) is 25.8 Å². The van der Waals surface area contributed by atoms with Crippen molar-refractivity contribution >= 4 is 48.8 Å². The number of fused-ring (bicyclic) bond motifs is 1. The molecule has 0 fully saturated rings. The Labute approximate surface area is 169 Å². The van der Waals surface area contributed by atoms with E-state index in [2.05, 4.69) is 14.7 Å². The van der Waals surface area contributed by atoms with E-state index in [0.29, 0.717) is 20.8 Å². The van der Waals surface area contributed by atoms with Gasteiger partial charge in [0.25, 0.3) is 5.56 Å². The van der Waals surface area contributed by atoms with Crippen LogP contribution in [0.4, 0.5) is 0 Å². The van der Waals surface area contributed by atoms with Crippen LogP contribution >= 0.6 is 22.9 Å². The Morgan fingerprint density at radius 1 is 1.21 bits per heavy atom. The number of esters is 1. The highest BCUT2D eigenvalue weighted by molar-refractivity contribution is 7.90. The molecule has 2 aromatic heterocycles. The van der Waals surface area contributed by atoms with Crippen molar-refractivity contribution in [2.24, 2.45) is 0 Å². The summed E-state index contributed by atoms with van der Waals surface area (Å²) in [5, 5.41) is 1.16. The molecule has 2 heterocycles. The van der Waals surface area contributed by atoms with Crippen molar-refractivity contribution < 1.29 is 17.9 Å². The summed E-state index contributed by atoms with van der Waals surface area (Å²) >= 11 is 7.19. The SMILES string of the molecule is COC(=O)CCc1cc(S(C)(=O)=O)cc(-c2nc(=O)c3ccc(Cl)cc3s2)n1. The van der Waals surface area contributed by atoms with Crippen LogP contribution in [0.15, 0.2) is 40.0 Å². The molecule has 0 saturated carbocycles. The lowest BCUT2D eigenvalue weighted by atomic mass is 10.2. The van der Waals surface area contributed by atoms with E-state index in [1.54, 1.807) is 18.2 Å². The summed E-state index contributed by atoms with van der Waals surface area (Å²) in [7, 11) is -2.26. The molecule has 3 rings (SSSR count). The van der Waals surface area contributed by atoms with E-state index in [-0.39, 0.29) is 28.4 Å². The normalized spacial score (nSPS) is 11.5. The maximum Gasteiger partial charge on any atom is 0.305 e.